The number of anilines is 1. The number of phenolic OH excluding ortho intramolecular Hbond substituents is 1. The molecule has 1 aromatic heterocycles. The summed E-state index contributed by atoms with van der Waals surface area (Å²) in [5.74, 6) is 0.151. The summed E-state index contributed by atoms with van der Waals surface area (Å²) in [6.45, 7) is 1.99. The van der Waals surface area contributed by atoms with E-state index in [0.717, 1.165) is 33.5 Å². The van der Waals surface area contributed by atoms with E-state index in [-0.39, 0.29) is 10.6 Å². The maximum atomic E-state index is 14.0. The van der Waals surface area contributed by atoms with Crippen molar-refractivity contribution in [2.24, 2.45) is 0 Å². The normalized spacial score (nSPS) is 13.1. The molecule has 40 heavy (non-hydrogen) atoms. The van der Waals surface area contributed by atoms with E-state index in [1.54, 1.807) is 30.3 Å². The van der Waals surface area contributed by atoms with Gasteiger partial charge in [-0.25, -0.2) is 8.42 Å². The smallest absolute Gasteiger partial charge is 0.262 e. The minimum atomic E-state index is -3.97. The topological polar surface area (TPSA) is 82.2 Å². The lowest BCUT2D eigenvalue weighted by Crippen LogP contribution is -2.33. The van der Waals surface area contributed by atoms with Crippen LogP contribution in [0.3, 0.4) is 0 Å². The second-order valence-electron chi connectivity index (χ2n) is 9.85. The van der Waals surface area contributed by atoms with Gasteiger partial charge in [-0.1, -0.05) is 97.1 Å². The number of hydrogen-bond acceptors (Lipinski definition) is 3. The van der Waals surface area contributed by atoms with Gasteiger partial charge in [-0.05, 0) is 65.4 Å². The highest BCUT2D eigenvalue weighted by Crippen LogP contribution is 2.48. The molecule has 0 unspecified atom stereocenters. The molecule has 0 bridgehead atoms. The molecule has 1 heterocycles. The number of aromatic amines is 1. The fraction of sp³-hybridized carbons (Fsp3) is 0.0588. The predicted octanol–water partition coefficient (Wildman–Crippen LogP) is 7.37. The van der Waals surface area contributed by atoms with Gasteiger partial charge in [-0.3, -0.25) is 4.72 Å². The number of aromatic hydroxyl groups is 1. The summed E-state index contributed by atoms with van der Waals surface area (Å²) in [5.41, 5.74) is 3.94. The zero-order valence-corrected chi connectivity index (χ0v) is 22.7. The zero-order valence-electron chi connectivity index (χ0n) is 21.9. The lowest BCUT2D eigenvalue weighted by atomic mass is 9.67. The summed E-state index contributed by atoms with van der Waals surface area (Å²) in [4.78, 5) is 3.75. The molecule has 0 saturated heterocycles. The first-order valence-electron chi connectivity index (χ1n) is 13.0. The number of para-hydroxylation sites is 1. The quantitative estimate of drug-likeness (QED) is 0.184. The summed E-state index contributed by atoms with van der Waals surface area (Å²) >= 11 is 0. The number of sulfonamides is 1. The largest absolute Gasteiger partial charge is 0.508 e. The monoisotopic (exact) mass is 544 g/mol. The average molecular weight is 545 g/mol. The molecule has 6 heteroatoms. The molecular formula is C34H28N2O3S. The van der Waals surface area contributed by atoms with E-state index < -0.39 is 15.4 Å². The first kappa shape index (κ1) is 25.5. The lowest BCUT2D eigenvalue weighted by molar-refractivity contribution is 0.474. The Morgan fingerprint density at radius 1 is 0.675 bits per heavy atom. The Morgan fingerprint density at radius 3 is 2.08 bits per heavy atom. The van der Waals surface area contributed by atoms with Crippen molar-refractivity contribution in [3.63, 3.8) is 0 Å². The van der Waals surface area contributed by atoms with Crippen LogP contribution < -0.4 is 4.72 Å². The van der Waals surface area contributed by atoms with E-state index >= 15 is 0 Å². The molecule has 0 fully saturated rings. The third kappa shape index (κ3) is 4.32. The molecular weight excluding hydrogens is 516 g/mol. The number of benzene rings is 5. The van der Waals surface area contributed by atoms with Crippen LogP contribution in [0.5, 0.6) is 5.75 Å². The number of phenols is 1. The van der Waals surface area contributed by atoms with Crippen molar-refractivity contribution >= 4 is 26.5 Å². The summed E-state index contributed by atoms with van der Waals surface area (Å²) < 4.78 is 30.9. The Labute approximate surface area is 233 Å². The van der Waals surface area contributed by atoms with Crippen LogP contribution in [0, 0.1) is 6.92 Å². The molecule has 6 rings (SSSR count). The Bertz CT molecular complexity index is 1910. The summed E-state index contributed by atoms with van der Waals surface area (Å²) in [6, 6.07) is 41.4. The van der Waals surface area contributed by atoms with E-state index in [1.165, 1.54) is 0 Å². The van der Waals surface area contributed by atoms with Crippen molar-refractivity contribution in [2.75, 3.05) is 4.72 Å². The van der Waals surface area contributed by atoms with Crippen LogP contribution in [0.25, 0.3) is 10.8 Å². The lowest BCUT2D eigenvalue weighted by Gasteiger charge is -2.37. The van der Waals surface area contributed by atoms with Gasteiger partial charge < -0.3 is 10.1 Å². The van der Waals surface area contributed by atoms with Crippen LogP contribution in [0.2, 0.25) is 0 Å². The van der Waals surface area contributed by atoms with Gasteiger partial charge in [0.15, 0.2) is 0 Å². The standard InChI is InChI=1S/C34H28N2O3S/c1-24-18-23-33(35-24)34(26-12-3-2-4-13-26,27-19-21-28(37)22-20-27)30-15-7-8-16-31(30)36-40(38,39)32-17-9-11-25-10-5-6-14-29(25)32/h2-23,35-37H,1H3/t34-/m1/s1. The van der Waals surface area contributed by atoms with Gasteiger partial charge in [0.1, 0.15) is 5.75 Å². The van der Waals surface area contributed by atoms with E-state index in [0.29, 0.717) is 11.1 Å². The molecule has 0 aliphatic heterocycles. The van der Waals surface area contributed by atoms with Crippen molar-refractivity contribution in [1.29, 1.82) is 0 Å². The molecule has 1 atom stereocenters. The van der Waals surface area contributed by atoms with Gasteiger partial charge in [-0.15, -0.1) is 0 Å². The minimum Gasteiger partial charge on any atom is -0.508 e. The number of H-pyrrole nitrogens is 1. The Morgan fingerprint density at radius 2 is 1.32 bits per heavy atom. The number of aryl methyl sites for hydroxylation is 1. The van der Waals surface area contributed by atoms with Crippen LogP contribution in [-0.2, 0) is 15.4 Å². The van der Waals surface area contributed by atoms with Crippen LogP contribution in [-0.4, -0.2) is 18.5 Å². The average Bonchev–Trinajstić information content (AvgIpc) is 3.41. The van der Waals surface area contributed by atoms with E-state index in [4.69, 9.17) is 0 Å². The third-order valence-corrected chi connectivity index (χ3v) is 8.78. The molecule has 198 valence electrons. The number of aromatic nitrogens is 1. The van der Waals surface area contributed by atoms with Crippen LogP contribution in [0.1, 0.15) is 28.1 Å². The fourth-order valence-corrected chi connectivity index (χ4v) is 6.90. The van der Waals surface area contributed by atoms with Gasteiger partial charge in [0.25, 0.3) is 10.0 Å². The maximum absolute atomic E-state index is 14.0. The van der Waals surface area contributed by atoms with Crippen molar-refractivity contribution in [3.05, 3.63) is 162 Å². The van der Waals surface area contributed by atoms with Crippen molar-refractivity contribution < 1.29 is 13.5 Å². The maximum Gasteiger partial charge on any atom is 0.262 e. The molecule has 6 aromatic rings. The van der Waals surface area contributed by atoms with E-state index in [1.807, 2.05) is 110 Å². The molecule has 0 amide bonds. The molecule has 0 radical (unpaired) electrons. The van der Waals surface area contributed by atoms with Gasteiger partial charge in [0.05, 0.1) is 16.0 Å². The van der Waals surface area contributed by atoms with Crippen molar-refractivity contribution in [3.8, 4) is 5.75 Å². The molecule has 0 aliphatic carbocycles. The summed E-state index contributed by atoms with van der Waals surface area (Å²) in [5, 5.41) is 11.7. The molecule has 0 spiro atoms. The van der Waals surface area contributed by atoms with Crippen LogP contribution in [0.15, 0.2) is 138 Å². The first-order valence-corrected chi connectivity index (χ1v) is 14.5. The van der Waals surface area contributed by atoms with Gasteiger partial charge in [-0.2, -0.15) is 0 Å². The highest BCUT2D eigenvalue weighted by molar-refractivity contribution is 7.93. The van der Waals surface area contributed by atoms with Crippen LogP contribution in [0.4, 0.5) is 5.69 Å². The Kier molecular flexibility index (Phi) is 6.40. The first-order chi connectivity index (χ1) is 19.4. The number of rotatable bonds is 7. The highest BCUT2D eigenvalue weighted by atomic mass is 32.2. The third-order valence-electron chi connectivity index (χ3n) is 7.36. The summed E-state index contributed by atoms with van der Waals surface area (Å²) in [6.07, 6.45) is 0. The predicted molar refractivity (Wildman–Crippen MR) is 160 cm³/mol. The summed E-state index contributed by atoms with van der Waals surface area (Å²) in [7, 11) is -3.97. The van der Waals surface area contributed by atoms with Crippen molar-refractivity contribution in [2.45, 2.75) is 17.2 Å². The second kappa shape index (κ2) is 10.1. The zero-order chi connectivity index (χ0) is 27.7. The van der Waals surface area contributed by atoms with Gasteiger partial charge in [0.2, 0.25) is 0 Å². The number of hydrogen-bond donors (Lipinski definition) is 3. The highest BCUT2D eigenvalue weighted by Gasteiger charge is 2.41. The molecule has 3 N–H and O–H groups in total. The van der Waals surface area contributed by atoms with Crippen LogP contribution >= 0.6 is 0 Å². The minimum absolute atomic E-state index is 0.151. The van der Waals surface area contributed by atoms with Gasteiger partial charge >= 0.3 is 0 Å². The van der Waals surface area contributed by atoms with Gasteiger partial charge in [0, 0.05) is 16.8 Å². The van der Waals surface area contributed by atoms with Crippen molar-refractivity contribution in [1.82, 2.24) is 4.98 Å². The fourth-order valence-electron chi connectivity index (χ4n) is 5.59. The Hall–Kier alpha value is -4.81. The van der Waals surface area contributed by atoms with E-state index in [9.17, 15) is 13.5 Å². The number of nitrogens with one attached hydrogen (secondary N) is 2. The second-order valence-corrected chi connectivity index (χ2v) is 11.5. The van der Waals surface area contributed by atoms with E-state index in [2.05, 4.69) is 9.71 Å². The SMILES string of the molecule is Cc1ccc([C@](c2ccccc2)(c2ccc(O)cc2)c2ccccc2NS(=O)(=O)c2cccc3ccccc23)[nH]1. The Balaban J connectivity index is 1.63. The molecule has 5 nitrogen and oxygen atoms in total. The molecule has 5 aromatic carbocycles. The number of fused-ring (bicyclic) bond motifs is 1. The molecule has 0 saturated carbocycles. The molecule has 0 aliphatic rings.